The number of aromatic amines is 1. The van der Waals surface area contributed by atoms with Crippen molar-refractivity contribution in [1.82, 2.24) is 10.3 Å². The monoisotopic (exact) mass is 230 g/mol. The number of H-pyrrole nitrogens is 1. The van der Waals surface area contributed by atoms with E-state index < -0.39 is 0 Å². The van der Waals surface area contributed by atoms with E-state index in [1.807, 2.05) is 0 Å². The van der Waals surface area contributed by atoms with Crippen LogP contribution < -0.4 is 5.32 Å². The SMILES string of the molecule is OCCC[C@@H]1NCCc2c1[nH]c1ccccc21. The van der Waals surface area contributed by atoms with Crippen LogP contribution in [0.1, 0.15) is 30.1 Å². The number of fused-ring (bicyclic) bond motifs is 3. The van der Waals surface area contributed by atoms with Gasteiger partial charge in [-0.1, -0.05) is 18.2 Å². The molecule has 0 fully saturated rings. The molecule has 1 aromatic carbocycles. The van der Waals surface area contributed by atoms with Crippen molar-refractivity contribution in [1.29, 1.82) is 0 Å². The minimum absolute atomic E-state index is 0.272. The number of aliphatic hydroxyl groups is 1. The molecule has 3 heteroatoms. The second-order valence-electron chi connectivity index (χ2n) is 4.69. The standard InChI is InChI=1S/C14H18N2O/c17-9-3-6-13-14-11(7-8-15-13)10-4-1-2-5-12(10)16-14/h1-2,4-5,13,15-17H,3,6-9H2/t13-/m0/s1. The van der Waals surface area contributed by atoms with Crippen LogP contribution >= 0.6 is 0 Å². The van der Waals surface area contributed by atoms with Gasteiger partial charge in [-0.3, -0.25) is 0 Å². The Bertz CT molecular complexity index is 518. The van der Waals surface area contributed by atoms with Crippen LogP contribution in [0.3, 0.4) is 0 Å². The molecule has 3 rings (SSSR count). The van der Waals surface area contributed by atoms with Gasteiger partial charge in [-0.15, -0.1) is 0 Å². The number of benzene rings is 1. The number of hydrogen-bond donors (Lipinski definition) is 3. The van der Waals surface area contributed by atoms with Gasteiger partial charge in [-0.05, 0) is 37.4 Å². The van der Waals surface area contributed by atoms with Gasteiger partial charge in [-0.25, -0.2) is 0 Å². The zero-order chi connectivity index (χ0) is 11.7. The Labute approximate surface area is 101 Å². The quantitative estimate of drug-likeness (QED) is 0.756. The Morgan fingerprint density at radius 2 is 2.18 bits per heavy atom. The van der Waals surface area contributed by atoms with Gasteiger partial charge in [0.1, 0.15) is 0 Å². The average molecular weight is 230 g/mol. The van der Waals surface area contributed by atoms with E-state index in [9.17, 15) is 0 Å². The molecule has 90 valence electrons. The number of hydrogen-bond acceptors (Lipinski definition) is 2. The van der Waals surface area contributed by atoms with Crippen LogP contribution in [0.25, 0.3) is 10.9 Å². The van der Waals surface area contributed by atoms with E-state index in [4.69, 9.17) is 5.11 Å². The molecular weight excluding hydrogens is 212 g/mol. The molecule has 1 aromatic heterocycles. The summed E-state index contributed by atoms with van der Waals surface area (Å²) >= 11 is 0. The third kappa shape index (κ3) is 1.85. The van der Waals surface area contributed by atoms with Crippen molar-refractivity contribution >= 4 is 10.9 Å². The van der Waals surface area contributed by atoms with Crippen molar-refractivity contribution in [2.24, 2.45) is 0 Å². The maximum atomic E-state index is 8.95. The number of rotatable bonds is 3. The summed E-state index contributed by atoms with van der Waals surface area (Å²) in [7, 11) is 0. The molecule has 0 radical (unpaired) electrons. The van der Waals surface area contributed by atoms with Crippen molar-refractivity contribution in [3.63, 3.8) is 0 Å². The minimum Gasteiger partial charge on any atom is -0.396 e. The third-order valence-corrected chi connectivity index (χ3v) is 3.61. The van der Waals surface area contributed by atoms with Gasteiger partial charge in [0, 0.05) is 29.2 Å². The molecule has 0 bridgehead atoms. The summed E-state index contributed by atoms with van der Waals surface area (Å²) in [5.74, 6) is 0. The van der Waals surface area contributed by atoms with E-state index in [2.05, 4.69) is 34.6 Å². The van der Waals surface area contributed by atoms with Crippen LogP contribution in [-0.2, 0) is 6.42 Å². The lowest BCUT2D eigenvalue weighted by Gasteiger charge is -2.24. The fraction of sp³-hybridized carbons (Fsp3) is 0.429. The second kappa shape index (κ2) is 4.51. The smallest absolute Gasteiger partial charge is 0.0477 e. The van der Waals surface area contributed by atoms with E-state index >= 15 is 0 Å². The summed E-state index contributed by atoms with van der Waals surface area (Å²) in [5, 5.41) is 13.8. The number of para-hydroxylation sites is 1. The van der Waals surface area contributed by atoms with E-state index in [0.717, 1.165) is 25.8 Å². The summed E-state index contributed by atoms with van der Waals surface area (Å²) < 4.78 is 0. The van der Waals surface area contributed by atoms with Gasteiger partial charge in [0.05, 0.1) is 0 Å². The van der Waals surface area contributed by atoms with Gasteiger partial charge < -0.3 is 15.4 Å². The average Bonchev–Trinajstić information content (AvgIpc) is 2.75. The Morgan fingerprint density at radius 1 is 1.29 bits per heavy atom. The Balaban J connectivity index is 2.02. The highest BCUT2D eigenvalue weighted by Crippen LogP contribution is 2.31. The molecule has 3 nitrogen and oxygen atoms in total. The lowest BCUT2D eigenvalue weighted by Crippen LogP contribution is -2.29. The number of aliphatic hydroxyl groups excluding tert-OH is 1. The number of aromatic nitrogens is 1. The molecule has 1 aliphatic rings. The Kier molecular flexibility index (Phi) is 2.87. The molecule has 3 N–H and O–H groups in total. The second-order valence-corrected chi connectivity index (χ2v) is 4.69. The zero-order valence-electron chi connectivity index (χ0n) is 9.87. The highest BCUT2D eigenvalue weighted by molar-refractivity contribution is 5.85. The summed E-state index contributed by atoms with van der Waals surface area (Å²) in [6, 6.07) is 8.87. The van der Waals surface area contributed by atoms with Crippen molar-refractivity contribution < 1.29 is 5.11 Å². The van der Waals surface area contributed by atoms with Crippen molar-refractivity contribution in [3.05, 3.63) is 35.5 Å². The molecule has 2 aromatic rings. The first-order chi connectivity index (χ1) is 8.40. The van der Waals surface area contributed by atoms with Gasteiger partial charge >= 0.3 is 0 Å². The van der Waals surface area contributed by atoms with Crippen LogP contribution in [0.5, 0.6) is 0 Å². The lowest BCUT2D eigenvalue weighted by molar-refractivity contribution is 0.273. The predicted octanol–water partition coefficient (Wildman–Crippen LogP) is 2.13. The molecule has 0 saturated carbocycles. The topological polar surface area (TPSA) is 48.0 Å². The van der Waals surface area contributed by atoms with Crippen molar-refractivity contribution in [2.45, 2.75) is 25.3 Å². The highest BCUT2D eigenvalue weighted by atomic mass is 16.2. The van der Waals surface area contributed by atoms with Crippen LogP contribution in [0.15, 0.2) is 24.3 Å². The maximum Gasteiger partial charge on any atom is 0.0477 e. The van der Waals surface area contributed by atoms with Crippen LogP contribution in [-0.4, -0.2) is 23.2 Å². The van der Waals surface area contributed by atoms with Gasteiger partial charge in [0.15, 0.2) is 0 Å². The molecular formula is C14H18N2O. The Hall–Kier alpha value is -1.32. The normalized spacial score (nSPS) is 19.5. The zero-order valence-corrected chi connectivity index (χ0v) is 9.87. The van der Waals surface area contributed by atoms with Crippen molar-refractivity contribution in [3.8, 4) is 0 Å². The van der Waals surface area contributed by atoms with E-state index in [0.29, 0.717) is 6.04 Å². The minimum atomic E-state index is 0.272. The molecule has 0 aliphatic carbocycles. The van der Waals surface area contributed by atoms with Gasteiger partial charge in [0.25, 0.3) is 0 Å². The molecule has 0 spiro atoms. The molecule has 0 amide bonds. The van der Waals surface area contributed by atoms with Crippen LogP contribution in [0.4, 0.5) is 0 Å². The van der Waals surface area contributed by atoms with Crippen LogP contribution in [0, 0.1) is 0 Å². The highest BCUT2D eigenvalue weighted by Gasteiger charge is 2.22. The molecule has 1 atom stereocenters. The Morgan fingerprint density at radius 3 is 3.06 bits per heavy atom. The van der Waals surface area contributed by atoms with Crippen LogP contribution in [0.2, 0.25) is 0 Å². The number of nitrogens with one attached hydrogen (secondary N) is 2. The van der Waals surface area contributed by atoms with E-state index in [1.165, 1.54) is 22.2 Å². The molecule has 1 aliphatic heterocycles. The summed E-state index contributed by atoms with van der Waals surface area (Å²) in [6.45, 7) is 1.30. The summed E-state index contributed by atoms with van der Waals surface area (Å²) in [5.41, 5.74) is 4.02. The maximum absolute atomic E-state index is 8.95. The molecule has 0 unspecified atom stereocenters. The third-order valence-electron chi connectivity index (χ3n) is 3.61. The van der Waals surface area contributed by atoms with E-state index in [-0.39, 0.29) is 6.61 Å². The van der Waals surface area contributed by atoms with Crippen molar-refractivity contribution in [2.75, 3.05) is 13.2 Å². The molecule has 2 heterocycles. The lowest BCUT2D eigenvalue weighted by atomic mass is 9.96. The van der Waals surface area contributed by atoms with Gasteiger partial charge in [0.2, 0.25) is 0 Å². The fourth-order valence-corrected chi connectivity index (χ4v) is 2.80. The summed E-state index contributed by atoms with van der Waals surface area (Å²) in [6.07, 6.45) is 2.94. The molecule has 0 saturated heterocycles. The van der Waals surface area contributed by atoms with Gasteiger partial charge in [-0.2, -0.15) is 0 Å². The first-order valence-corrected chi connectivity index (χ1v) is 6.34. The molecule has 17 heavy (non-hydrogen) atoms. The summed E-state index contributed by atoms with van der Waals surface area (Å²) in [4.78, 5) is 3.53. The largest absolute Gasteiger partial charge is 0.396 e. The van der Waals surface area contributed by atoms with E-state index in [1.54, 1.807) is 0 Å². The predicted molar refractivity (Wildman–Crippen MR) is 69.1 cm³/mol. The fourth-order valence-electron chi connectivity index (χ4n) is 2.80. The first kappa shape index (κ1) is 10.8. The first-order valence-electron chi connectivity index (χ1n) is 6.34.